The Morgan fingerprint density at radius 2 is 1.71 bits per heavy atom. The van der Waals surface area contributed by atoms with Crippen LogP contribution in [0.15, 0.2) is 34.7 Å². The average Bonchev–Trinajstić information content (AvgIpc) is 3.05. The molecule has 7 nitrogen and oxygen atoms in total. The van der Waals surface area contributed by atoms with Crippen LogP contribution in [0.5, 0.6) is 0 Å². The quantitative estimate of drug-likeness (QED) is 0.845. The average molecular weight is 328 g/mol. The summed E-state index contributed by atoms with van der Waals surface area (Å²) in [4.78, 5) is 28.2. The Morgan fingerprint density at radius 3 is 2.33 bits per heavy atom. The molecule has 2 amide bonds. The maximum absolute atomic E-state index is 12.4. The van der Waals surface area contributed by atoms with Crippen molar-refractivity contribution in [3.05, 3.63) is 47.7 Å². The molecule has 1 saturated heterocycles. The molecule has 0 radical (unpaired) electrons. The van der Waals surface area contributed by atoms with Gasteiger partial charge in [-0.3, -0.25) is 9.59 Å². The van der Waals surface area contributed by atoms with Gasteiger partial charge in [0.15, 0.2) is 0 Å². The van der Waals surface area contributed by atoms with E-state index in [-0.39, 0.29) is 11.8 Å². The summed E-state index contributed by atoms with van der Waals surface area (Å²) < 4.78 is 5.27. The van der Waals surface area contributed by atoms with Crippen molar-refractivity contribution >= 4 is 11.8 Å². The lowest BCUT2D eigenvalue weighted by atomic mass is 10.1. The molecule has 126 valence electrons. The van der Waals surface area contributed by atoms with Gasteiger partial charge in [-0.05, 0) is 12.1 Å². The van der Waals surface area contributed by atoms with Crippen LogP contribution in [0.2, 0.25) is 0 Å². The topological polar surface area (TPSA) is 79.5 Å². The minimum Gasteiger partial charge on any atom is -0.426 e. The Kier molecular flexibility index (Phi) is 4.88. The molecule has 0 bridgehead atoms. The molecule has 1 aromatic heterocycles. The third-order valence-electron chi connectivity index (χ3n) is 4.06. The number of aryl methyl sites for hydroxylation is 2. The maximum Gasteiger partial charge on any atom is 0.253 e. The van der Waals surface area contributed by atoms with Crippen molar-refractivity contribution in [2.24, 2.45) is 0 Å². The SMILES string of the molecule is Cc1nnc(CCC(=O)N2CCN(C(=O)c3ccccc3)CC2)o1. The summed E-state index contributed by atoms with van der Waals surface area (Å²) in [5, 5.41) is 7.64. The van der Waals surface area contributed by atoms with Crippen LogP contribution >= 0.6 is 0 Å². The first-order chi connectivity index (χ1) is 11.6. The number of hydrogen-bond donors (Lipinski definition) is 0. The summed E-state index contributed by atoms with van der Waals surface area (Å²) in [5.41, 5.74) is 0.684. The molecule has 3 rings (SSSR count). The fourth-order valence-corrected chi connectivity index (χ4v) is 2.73. The Bertz CT molecular complexity index is 706. The molecule has 24 heavy (non-hydrogen) atoms. The maximum atomic E-state index is 12.4. The van der Waals surface area contributed by atoms with Gasteiger partial charge in [0.1, 0.15) is 0 Å². The van der Waals surface area contributed by atoms with E-state index in [9.17, 15) is 9.59 Å². The molecule has 0 unspecified atom stereocenters. The first-order valence-electron chi connectivity index (χ1n) is 8.04. The number of rotatable bonds is 4. The second-order valence-corrected chi connectivity index (χ2v) is 5.75. The van der Waals surface area contributed by atoms with Gasteiger partial charge in [-0.15, -0.1) is 10.2 Å². The lowest BCUT2D eigenvalue weighted by Crippen LogP contribution is -2.50. The minimum absolute atomic E-state index is 0.0176. The zero-order valence-electron chi connectivity index (χ0n) is 13.6. The van der Waals surface area contributed by atoms with Gasteiger partial charge in [-0.1, -0.05) is 18.2 Å². The van der Waals surface area contributed by atoms with Gasteiger partial charge in [0, 0.05) is 51.5 Å². The van der Waals surface area contributed by atoms with Gasteiger partial charge in [0.25, 0.3) is 5.91 Å². The van der Waals surface area contributed by atoms with Crippen LogP contribution in [-0.4, -0.2) is 58.0 Å². The van der Waals surface area contributed by atoms with Crippen LogP contribution in [0.25, 0.3) is 0 Å². The summed E-state index contributed by atoms with van der Waals surface area (Å²) in [7, 11) is 0. The first-order valence-corrected chi connectivity index (χ1v) is 8.04. The highest BCUT2D eigenvalue weighted by Crippen LogP contribution is 2.11. The Hall–Kier alpha value is -2.70. The Morgan fingerprint density at radius 1 is 1.04 bits per heavy atom. The second-order valence-electron chi connectivity index (χ2n) is 5.75. The highest BCUT2D eigenvalue weighted by molar-refractivity contribution is 5.94. The Balaban J connectivity index is 1.47. The number of nitrogens with zero attached hydrogens (tertiary/aromatic N) is 4. The summed E-state index contributed by atoms with van der Waals surface area (Å²) in [6.45, 7) is 3.94. The highest BCUT2D eigenvalue weighted by atomic mass is 16.4. The van der Waals surface area contributed by atoms with E-state index in [4.69, 9.17) is 4.42 Å². The second kappa shape index (κ2) is 7.25. The van der Waals surface area contributed by atoms with E-state index in [1.807, 2.05) is 30.3 Å². The number of carbonyl (C=O) groups excluding carboxylic acids is 2. The van der Waals surface area contributed by atoms with Gasteiger partial charge in [-0.25, -0.2) is 0 Å². The van der Waals surface area contributed by atoms with Crippen molar-refractivity contribution in [1.82, 2.24) is 20.0 Å². The van der Waals surface area contributed by atoms with Gasteiger partial charge in [0.2, 0.25) is 17.7 Å². The summed E-state index contributed by atoms with van der Waals surface area (Å²) >= 11 is 0. The van der Waals surface area contributed by atoms with E-state index in [0.717, 1.165) is 0 Å². The molecular weight excluding hydrogens is 308 g/mol. The van der Waals surface area contributed by atoms with Gasteiger partial charge in [0.05, 0.1) is 0 Å². The summed E-state index contributed by atoms with van der Waals surface area (Å²) in [6, 6.07) is 9.22. The molecule has 1 aromatic carbocycles. The van der Waals surface area contributed by atoms with E-state index in [1.165, 1.54) is 0 Å². The lowest BCUT2D eigenvalue weighted by Gasteiger charge is -2.34. The van der Waals surface area contributed by atoms with Crippen LogP contribution in [-0.2, 0) is 11.2 Å². The number of hydrogen-bond acceptors (Lipinski definition) is 5. The number of piperazine rings is 1. The number of amides is 2. The minimum atomic E-state index is 0.0176. The fourth-order valence-electron chi connectivity index (χ4n) is 2.73. The molecule has 1 fully saturated rings. The van der Waals surface area contributed by atoms with Crippen molar-refractivity contribution in [2.45, 2.75) is 19.8 Å². The molecule has 1 aliphatic heterocycles. The van der Waals surface area contributed by atoms with Gasteiger partial charge >= 0.3 is 0 Å². The van der Waals surface area contributed by atoms with Crippen molar-refractivity contribution in [1.29, 1.82) is 0 Å². The number of aromatic nitrogens is 2. The summed E-state index contributed by atoms with van der Waals surface area (Å²) in [6.07, 6.45) is 0.789. The zero-order chi connectivity index (χ0) is 16.9. The van der Waals surface area contributed by atoms with E-state index in [0.29, 0.717) is 56.4 Å². The highest BCUT2D eigenvalue weighted by Gasteiger charge is 2.24. The van der Waals surface area contributed by atoms with E-state index < -0.39 is 0 Å². The molecule has 0 N–H and O–H groups in total. The van der Waals surface area contributed by atoms with Gasteiger partial charge in [-0.2, -0.15) is 0 Å². The molecule has 0 spiro atoms. The first kappa shape index (κ1) is 16.2. The molecule has 1 aliphatic rings. The normalized spacial score (nSPS) is 14.7. The molecule has 7 heteroatoms. The predicted molar refractivity (Wildman–Crippen MR) is 86.3 cm³/mol. The number of carbonyl (C=O) groups is 2. The lowest BCUT2D eigenvalue weighted by molar-refractivity contribution is -0.132. The molecule has 2 aromatic rings. The van der Waals surface area contributed by atoms with Crippen LogP contribution in [0, 0.1) is 6.92 Å². The predicted octanol–water partition coefficient (Wildman–Crippen LogP) is 1.30. The van der Waals surface area contributed by atoms with Crippen molar-refractivity contribution in [2.75, 3.05) is 26.2 Å². The van der Waals surface area contributed by atoms with Crippen molar-refractivity contribution < 1.29 is 14.0 Å². The van der Waals surface area contributed by atoms with E-state index in [2.05, 4.69) is 10.2 Å². The zero-order valence-corrected chi connectivity index (χ0v) is 13.6. The standard InChI is InChI=1S/C17H20N4O3/c1-13-18-19-15(24-13)7-8-16(22)20-9-11-21(12-10-20)17(23)14-5-3-2-4-6-14/h2-6H,7-12H2,1H3. The molecule has 0 saturated carbocycles. The van der Waals surface area contributed by atoms with Crippen molar-refractivity contribution in [3.8, 4) is 0 Å². The monoisotopic (exact) mass is 328 g/mol. The number of benzene rings is 1. The van der Waals surface area contributed by atoms with E-state index in [1.54, 1.807) is 16.7 Å². The Labute approximate surface area is 140 Å². The smallest absolute Gasteiger partial charge is 0.253 e. The van der Waals surface area contributed by atoms with Gasteiger partial charge < -0.3 is 14.2 Å². The summed E-state index contributed by atoms with van der Waals surface area (Å²) in [5.74, 6) is 1.06. The van der Waals surface area contributed by atoms with E-state index >= 15 is 0 Å². The van der Waals surface area contributed by atoms with Crippen molar-refractivity contribution in [3.63, 3.8) is 0 Å². The molecule has 0 atom stereocenters. The third kappa shape index (κ3) is 3.79. The molecule has 2 heterocycles. The van der Waals surface area contributed by atoms with Crippen LogP contribution in [0.1, 0.15) is 28.6 Å². The largest absolute Gasteiger partial charge is 0.426 e. The molecule has 0 aliphatic carbocycles. The fraction of sp³-hybridized carbons (Fsp3) is 0.412. The van der Waals surface area contributed by atoms with Crippen LogP contribution in [0.3, 0.4) is 0 Å². The molecular formula is C17H20N4O3. The van der Waals surface area contributed by atoms with Crippen LogP contribution in [0.4, 0.5) is 0 Å². The third-order valence-corrected chi connectivity index (χ3v) is 4.06. The van der Waals surface area contributed by atoms with Crippen LogP contribution < -0.4 is 0 Å².